The van der Waals surface area contributed by atoms with Crippen molar-refractivity contribution in [3.05, 3.63) is 42.8 Å². The van der Waals surface area contributed by atoms with Gasteiger partial charge in [-0.3, -0.25) is 4.79 Å². The number of carbonyl (C=O) groups is 1. The van der Waals surface area contributed by atoms with E-state index in [0.717, 1.165) is 0 Å². The van der Waals surface area contributed by atoms with Crippen LogP contribution in [0.15, 0.2) is 30.3 Å². The largest absolute Gasteiger partial charge is 0.471 e. The van der Waals surface area contributed by atoms with Gasteiger partial charge in [-0.2, -0.15) is 13.2 Å². The lowest BCUT2D eigenvalue weighted by molar-refractivity contribution is -0.174. The third-order valence-electron chi connectivity index (χ3n) is 1.76. The fourth-order valence-corrected chi connectivity index (χ4v) is 1.01. The highest BCUT2D eigenvalue weighted by molar-refractivity contribution is 5.82. The minimum atomic E-state index is -4.87. The third-order valence-corrected chi connectivity index (χ3v) is 1.76. The summed E-state index contributed by atoms with van der Waals surface area (Å²) in [5.74, 6) is -1.98. The lowest BCUT2D eigenvalue weighted by Gasteiger charge is -2.15. The van der Waals surface area contributed by atoms with Crippen molar-refractivity contribution in [3.63, 3.8) is 0 Å². The van der Waals surface area contributed by atoms with E-state index in [1.165, 1.54) is 0 Å². The number of hydrogen-bond acceptors (Lipinski definition) is 1. The van der Waals surface area contributed by atoms with Gasteiger partial charge in [-0.1, -0.05) is 30.3 Å². The fraction of sp³-hybridized carbons (Fsp3) is 0.200. The van der Waals surface area contributed by atoms with Crippen LogP contribution in [0.2, 0.25) is 0 Å². The number of halogens is 3. The summed E-state index contributed by atoms with van der Waals surface area (Å²) in [6.07, 6.45) is -4.87. The Morgan fingerprint density at radius 2 is 1.80 bits per heavy atom. The standard InChI is InChI=1S/C10H9F3NO/c1-7(8-5-3-2-4-6-8)14-9(15)10(11,12)13/h2-7H,1H2,(H,14,15)/t7-/m1/s1. The van der Waals surface area contributed by atoms with Gasteiger partial charge in [0.15, 0.2) is 0 Å². The highest BCUT2D eigenvalue weighted by Crippen LogP contribution is 2.17. The van der Waals surface area contributed by atoms with Crippen LogP contribution >= 0.6 is 0 Å². The molecule has 0 fully saturated rings. The molecule has 0 bridgehead atoms. The van der Waals surface area contributed by atoms with Gasteiger partial charge in [0, 0.05) is 0 Å². The molecule has 15 heavy (non-hydrogen) atoms. The minimum absolute atomic E-state index is 0.523. The molecular formula is C10H9F3NO. The van der Waals surface area contributed by atoms with E-state index in [1.54, 1.807) is 35.6 Å². The van der Waals surface area contributed by atoms with Crippen LogP contribution < -0.4 is 5.32 Å². The maximum absolute atomic E-state index is 11.9. The first kappa shape index (κ1) is 11.6. The predicted molar refractivity (Wildman–Crippen MR) is 48.7 cm³/mol. The monoisotopic (exact) mass is 216 g/mol. The summed E-state index contributed by atoms with van der Waals surface area (Å²) >= 11 is 0. The molecule has 2 nitrogen and oxygen atoms in total. The van der Waals surface area contributed by atoms with E-state index in [4.69, 9.17) is 0 Å². The van der Waals surface area contributed by atoms with Gasteiger partial charge in [-0.25, -0.2) is 0 Å². The van der Waals surface area contributed by atoms with E-state index in [9.17, 15) is 18.0 Å². The van der Waals surface area contributed by atoms with Crippen LogP contribution in [-0.2, 0) is 4.79 Å². The van der Waals surface area contributed by atoms with Crippen LogP contribution in [0.3, 0.4) is 0 Å². The van der Waals surface area contributed by atoms with Gasteiger partial charge in [-0.05, 0) is 12.5 Å². The summed E-state index contributed by atoms with van der Waals surface area (Å²) in [5.41, 5.74) is 0.523. The van der Waals surface area contributed by atoms with E-state index in [0.29, 0.717) is 5.56 Å². The Morgan fingerprint density at radius 1 is 1.27 bits per heavy atom. The molecule has 0 aliphatic heterocycles. The number of rotatable bonds is 2. The molecule has 0 unspecified atom stereocenters. The van der Waals surface area contributed by atoms with Gasteiger partial charge < -0.3 is 5.32 Å². The highest BCUT2D eigenvalue weighted by atomic mass is 19.4. The number of hydrogen-bond donors (Lipinski definition) is 1. The number of alkyl halides is 3. The molecular weight excluding hydrogens is 207 g/mol. The van der Waals surface area contributed by atoms with Gasteiger partial charge in [0.2, 0.25) is 0 Å². The van der Waals surface area contributed by atoms with Crippen molar-refractivity contribution in [2.75, 3.05) is 0 Å². The highest BCUT2D eigenvalue weighted by Gasteiger charge is 2.39. The first-order valence-corrected chi connectivity index (χ1v) is 4.17. The van der Waals surface area contributed by atoms with E-state index >= 15 is 0 Å². The average Bonchev–Trinajstić information content (AvgIpc) is 2.17. The second kappa shape index (κ2) is 4.33. The normalized spacial score (nSPS) is 13.3. The maximum atomic E-state index is 11.9. The van der Waals surface area contributed by atoms with Crippen LogP contribution in [0.1, 0.15) is 11.6 Å². The van der Waals surface area contributed by atoms with E-state index in [-0.39, 0.29) is 0 Å². The van der Waals surface area contributed by atoms with E-state index in [1.807, 2.05) is 0 Å². The van der Waals surface area contributed by atoms with E-state index in [2.05, 4.69) is 6.92 Å². The van der Waals surface area contributed by atoms with Crippen molar-refractivity contribution < 1.29 is 18.0 Å². The maximum Gasteiger partial charge on any atom is 0.471 e. The smallest absolute Gasteiger partial charge is 0.341 e. The summed E-state index contributed by atoms with van der Waals surface area (Å²) < 4.78 is 35.7. The Kier molecular flexibility index (Phi) is 3.34. The second-order valence-corrected chi connectivity index (χ2v) is 2.93. The molecule has 5 heteroatoms. The van der Waals surface area contributed by atoms with Crippen molar-refractivity contribution >= 4 is 5.91 Å². The molecule has 0 aromatic heterocycles. The summed E-state index contributed by atoms with van der Waals surface area (Å²) in [6, 6.07) is 7.32. The number of amides is 1. The zero-order valence-corrected chi connectivity index (χ0v) is 7.71. The molecule has 1 radical (unpaired) electrons. The Morgan fingerprint density at radius 3 is 2.27 bits per heavy atom. The SMILES string of the molecule is [CH2][C@@H](NC(=O)C(F)(F)F)c1ccccc1. The Bertz CT molecular complexity index is 334. The Hall–Kier alpha value is -1.52. The van der Waals surface area contributed by atoms with Crippen LogP contribution in [-0.4, -0.2) is 12.1 Å². The zero-order chi connectivity index (χ0) is 11.5. The molecule has 81 valence electrons. The molecule has 1 N–H and O–H groups in total. The molecule has 0 spiro atoms. The molecule has 1 aromatic rings. The second-order valence-electron chi connectivity index (χ2n) is 2.93. The molecule has 0 saturated carbocycles. The van der Waals surface area contributed by atoms with Gasteiger partial charge in [0.1, 0.15) is 0 Å². The third kappa shape index (κ3) is 3.27. The van der Waals surface area contributed by atoms with Crippen LogP contribution in [0.25, 0.3) is 0 Å². The minimum Gasteiger partial charge on any atom is -0.341 e. The number of carbonyl (C=O) groups excluding carboxylic acids is 1. The molecule has 0 saturated heterocycles. The van der Waals surface area contributed by atoms with Crippen LogP contribution in [0.4, 0.5) is 13.2 Å². The summed E-state index contributed by atoms with van der Waals surface area (Å²) in [4.78, 5) is 10.6. The van der Waals surface area contributed by atoms with Crippen molar-refractivity contribution in [3.8, 4) is 0 Å². The lowest BCUT2D eigenvalue weighted by atomic mass is 10.1. The summed E-state index contributed by atoms with van der Waals surface area (Å²) in [6.45, 7) is 3.43. The van der Waals surface area contributed by atoms with E-state index < -0.39 is 18.1 Å². The lowest BCUT2D eigenvalue weighted by Crippen LogP contribution is -2.38. The molecule has 1 rings (SSSR count). The number of benzene rings is 1. The fourth-order valence-electron chi connectivity index (χ4n) is 1.01. The molecule has 0 aliphatic carbocycles. The van der Waals surface area contributed by atoms with Crippen molar-refractivity contribution in [2.24, 2.45) is 0 Å². The zero-order valence-electron chi connectivity index (χ0n) is 7.71. The van der Waals surface area contributed by atoms with Gasteiger partial charge in [0.05, 0.1) is 6.04 Å². The molecule has 0 aliphatic rings. The molecule has 1 amide bonds. The van der Waals surface area contributed by atoms with Crippen molar-refractivity contribution in [1.29, 1.82) is 0 Å². The Balaban J connectivity index is 2.65. The molecule has 1 atom stereocenters. The number of nitrogens with one attached hydrogen (secondary N) is 1. The van der Waals surface area contributed by atoms with Crippen molar-refractivity contribution in [1.82, 2.24) is 5.32 Å². The van der Waals surface area contributed by atoms with Crippen molar-refractivity contribution in [2.45, 2.75) is 12.2 Å². The molecule has 1 aromatic carbocycles. The van der Waals surface area contributed by atoms with Gasteiger partial charge in [-0.15, -0.1) is 0 Å². The first-order valence-electron chi connectivity index (χ1n) is 4.17. The predicted octanol–water partition coefficient (Wildman–Crippen LogP) is 2.24. The van der Waals surface area contributed by atoms with Crippen LogP contribution in [0.5, 0.6) is 0 Å². The summed E-state index contributed by atoms with van der Waals surface area (Å²) in [5, 5.41) is 1.76. The Labute approximate surface area is 85.1 Å². The summed E-state index contributed by atoms with van der Waals surface area (Å²) in [7, 11) is 0. The topological polar surface area (TPSA) is 29.1 Å². The average molecular weight is 216 g/mol. The van der Waals surface area contributed by atoms with Gasteiger partial charge >= 0.3 is 12.1 Å². The van der Waals surface area contributed by atoms with Gasteiger partial charge in [0.25, 0.3) is 0 Å². The molecule has 0 heterocycles. The quantitative estimate of drug-likeness (QED) is 0.807. The first-order chi connectivity index (χ1) is 6.91. The van der Waals surface area contributed by atoms with Crippen LogP contribution in [0, 0.1) is 6.92 Å².